The fourth-order valence-corrected chi connectivity index (χ4v) is 3.70. The molecule has 0 bridgehead atoms. The number of amides is 1. The van der Waals surface area contributed by atoms with E-state index in [2.05, 4.69) is 4.90 Å². The van der Waals surface area contributed by atoms with E-state index in [1.54, 1.807) is 24.3 Å². The van der Waals surface area contributed by atoms with Crippen molar-refractivity contribution in [2.45, 2.75) is 82.3 Å². The van der Waals surface area contributed by atoms with Crippen LogP contribution in [0.3, 0.4) is 0 Å². The molecule has 25 heavy (non-hydrogen) atoms. The summed E-state index contributed by atoms with van der Waals surface area (Å²) in [6.45, 7) is 2.15. The molecule has 0 aliphatic heterocycles. The summed E-state index contributed by atoms with van der Waals surface area (Å²) < 4.78 is 27.5. The molecule has 1 amide bonds. The van der Waals surface area contributed by atoms with Crippen LogP contribution in [0, 0.1) is 0 Å². The molecule has 3 rings (SSSR count). The Morgan fingerprint density at radius 3 is 2.00 bits per heavy atom. The number of hydrogen-bond donors (Lipinski definition) is 1. The molecule has 138 valence electrons. The highest BCUT2D eigenvalue weighted by Gasteiger charge is 2.44. The van der Waals surface area contributed by atoms with Gasteiger partial charge in [0, 0.05) is 24.6 Å². The molecule has 3 nitrogen and oxygen atoms in total. The average Bonchev–Trinajstić information content (AvgIpc) is 3.40. The molecule has 1 aromatic carbocycles. The van der Waals surface area contributed by atoms with Gasteiger partial charge in [-0.15, -0.1) is 0 Å². The van der Waals surface area contributed by atoms with Crippen LogP contribution in [-0.2, 0) is 5.54 Å². The van der Waals surface area contributed by atoms with Crippen LogP contribution in [-0.4, -0.2) is 28.8 Å². The second-order valence-electron chi connectivity index (χ2n) is 7.90. The lowest BCUT2D eigenvalue weighted by Gasteiger charge is -2.35. The third-order valence-electron chi connectivity index (χ3n) is 5.79. The van der Waals surface area contributed by atoms with Crippen molar-refractivity contribution in [2.75, 3.05) is 0 Å². The van der Waals surface area contributed by atoms with E-state index in [9.17, 15) is 13.6 Å². The molecule has 2 saturated carbocycles. The predicted octanol–water partition coefficient (Wildman–Crippen LogP) is 4.45. The van der Waals surface area contributed by atoms with Crippen molar-refractivity contribution in [2.24, 2.45) is 5.73 Å². The molecule has 5 heteroatoms. The Balaban J connectivity index is 1.79. The van der Waals surface area contributed by atoms with Crippen molar-refractivity contribution in [3.05, 3.63) is 35.4 Å². The summed E-state index contributed by atoms with van der Waals surface area (Å²) in [5.74, 6) is -3.01. The maximum absolute atomic E-state index is 13.7. The molecule has 0 spiro atoms. The summed E-state index contributed by atoms with van der Waals surface area (Å²) in [5, 5.41) is 0. The number of rotatable bonds is 5. The lowest BCUT2D eigenvalue weighted by atomic mass is 9.87. The number of hydrogen-bond acceptors (Lipinski definition) is 2. The summed E-state index contributed by atoms with van der Waals surface area (Å²) in [7, 11) is 0. The molecule has 0 saturated heterocycles. The summed E-state index contributed by atoms with van der Waals surface area (Å²) in [4.78, 5) is 15.1. The van der Waals surface area contributed by atoms with Crippen molar-refractivity contribution in [3.8, 4) is 0 Å². The van der Waals surface area contributed by atoms with Gasteiger partial charge in [-0.3, -0.25) is 4.79 Å². The highest BCUT2D eigenvalue weighted by molar-refractivity contribution is 5.95. The van der Waals surface area contributed by atoms with Crippen LogP contribution in [0.2, 0.25) is 0 Å². The van der Waals surface area contributed by atoms with Gasteiger partial charge < -0.3 is 10.6 Å². The highest BCUT2D eigenvalue weighted by Crippen LogP contribution is 2.37. The van der Waals surface area contributed by atoms with Crippen LogP contribution in [0.15, 0.2) is 24.3 Å². The summed E-state index contributed by atoms with van der Waals surface area (Å²) in [6.07, 6.45) is 7.89. The van der Waals surface area contributed by atoms with E-state index in [4.69, 9.17) is 5.73 Å². The first-order chi connectivity index (χ1) is 11.7. The van der Waals surface area contributed by atoms with Gasteiger partial charge in [-0.25, -0.2) is 8.78 Å². The zero-order chi connectivity index (χ0) is 18.2. The number of carbonyl (C=O) groups is 1. The minimum absolute atomic E-state index is 0.0305. The maximum Gasteiger partial charge on any atom is 0.266 e. The molecule has 2 fully saturated rings. The SMILES string of the molecule is CC(F)(F)[C@@](C)(N)c1ccc(C(=O)N(C2CCCCC2)C2CC2)cc1. The molecule has 1 aromatic rings. The van der Waals surface area contributed by atoms with Gasteiger partial charge in [0.2, 0.25) is 0 Å². The molecular formula is C20H28F2N2O. The van der Waals surface area contributed by atoms with Gasteiger partial charge >= 0.3 is 0 Å². The van der Waals surface area contributed by atoms with Crippen LogP contribution in [0.1, 0.15) is 74.7 Å². The van der Waals surface area contributed by atoms with Gasteiger partial charge in [0.1, 0.15) is 5.54 Å². The van der Waals surface area contributed by atoms with Crippen LogP contribution in [0.5, 0.6) is 0 Å². The normalized spacial score (nSPS) is 21.6. The first kappa shape index (κ1) is 18.3. The van der Waals surface area contributed by atoms with Crippen LogP contribution < -0.4 is 5.73 Å². The van der Waals surface area contributed by atoms with E-state index in [1.165, 1.54) is 26.2 Å². The minimum Gasteiger partial charge on any atom is -0.333 e. The van der Waals surface area contributed by atoms with E-state index in [-0.39, 0.29) is 5.91 Å². The lowest BCUT2D eigenvalue weighted by Crippen LogP contribution is -2.48. The molecule has 2 aliphatic rings. The first-order valence-electron chi connectivity index (χ1n) is 9.32. The van der Waals surface area contributed by atoms with Crippen molar-refractivity contribution in [1.82, 2.24) is 4.90 Å². The van der Waals surface area contributed by atoms with E-state index in [1.807, 2.05) is 0 Å². The average molecular weight is 350 g/mol. The molecule has 0 aromatic heterocycles. The summed E-state index contributed by atoms with van der Waals surface area (Å²) in [5.41, 5.74) is 4.98. The zero-order valence-electron chi connectivity index (χ0n) is 15.1. The molecule has 0 unspecified atom stereocenters. The number of alkyl halides is 2. The van der Waals surface area contributed by atoms with Crippen molar-refractivity contribution in [3.63, 3.8) is 0 Å². The van der Waals surface area contributed by atoms with E-state index in [0.29, 0.717) is 23.2 Å². The van der Waals surface area contributed by atoms with Gasteiger partial charge in [0.05, 0.1) is 0 Å². The van der Waals surface area contributed by atoms with E-state index < -0.39 is 11.5 Å². The van der Waals surface area contributed by atoms with E-state index in [0.717, 1.165) is 32.6 Å². The first-order valence-corrected chi connectivity index (χ1v) is 9.32. The number of nitrogens with two attached hydrogens (primary N) is 1. The topological polar surface area (TPSA) is 46.3 Å². The van der Waals surface area contributed by atoms with Gasteiger partial charge in [0.25, 0.3) is 11.8 Å². The monoisotopic (exact) mass is 350 g/mol. The second kappa shape index (κ2) is 6.67. The van der Waals surface area contributed by atoms with Gasteiger partial charge in [0.15, 0.2) is 0 Å². The third-order valence-corrected chi connectivity index (χ3v) is 5.79. The standard InChI is InChI=1S/C20H28F2N2O/c1-19(23,20(2,21)22)15-10-8-14(9-11-15)18(25)24(17-12-13-17)16-6-4-3-5-7-16/h8-11,16-17H,3-7,12-13,23H2,1-2H3/t19-/m0/s1. The Hall–Kier alpha value is -1.49. The number of nitrogens with zero attached hydrogens (tertiary/aromatic N) is 1. The molecule has 0 radical (unpaired) electrons. The minimum atomic E-state index is -3.04. The Morgan fingerprint density at radius 2 is 1.52 bits per heavy atom. The third kappa shape index (κ3) is 3.71. The quantitative estimate of drug-likeness (QED) is 0.852. The fourth-order valence-electron chi connectivity index (χ4n) is 3.70. The van der Waals surface area contributed by atoms with Gasteiger partial charge in [-0.1, -0.05) is 31.4 Å². The lowest BCUT2D eigenvalue weighted by molar-refractivity contribution is -0.0523. The molecule has 2 aliphatic carbocycles. The number of carbonyl (C=O) groups excluding carboxylic acids is 1. The van der Waals surface area contributed by atoms with Gasteiger partial charge in [-0.05, 0) is 50.3 Å². The van der Waals surface area contributed by atoms with Crippen LogP contribution >= 0.6 is 0 Å². The molecular weight excluding hydrogens is 322 g/mol. The smallest absolute Gasteiger partial charge is 0.266 e. The molecule has 2 N–H and O–H groups in total. The van der Waals surface area contributed by atoms with Crippen LogP contribution in [0.25, 0.3) is 0 Å². The largest absolute Gasteiger partial charge is 0.333 e. The Labute approximate surface area is 148 Å². The molecule has 1 atom stereocenters. The van der Waals surface area contributed by atoms with Crippen molar-refractivity contribution < 1.29 is 13.6 Å². The number of halogens is 2. The summed E-state index contributed by atoms with van der Waals surface area (Å²) in [6, 6.07) is 7.11. The Morgan fingerprint density at radius 1 is 1.00 bits per heavy atom. The Bertz CT molecular complexity index is 612. The zero-order valence-corrected chi connectivity index (χ0v) is 15.1. The van der Waals surface area contributed by atoms with E-state index >= 15 is 0 Å². The second-order valence-corrected chi connectivity index (χ2v) is 7.90. The van der Waals surface area contributed by atoms with Crippen molar-refractivity contribution >= 4 is 5.91 Å². The maximum atomic E-state index is 13.7. The Kier molecular flexibility index (Phi) is 4.89. The molecule has 0 heterocycles. The highest BCUT2D eigenvalue weighted by atomic mass is 19.3. The number of benzene rings is 1. The summed E-state index contributed by atoms with van der Waals surface area (Å²) >= 11 is 0. The van der Waals surface area contributed by atoms with Crippen LogP contribution in [0.4, 0.5) is 8.78 Å². The van der Waals surface area contributed by atoms with Crippen molar-refractivity contribution in [1.29, 1.82) is 0 Å². The van der Waals surface area contributed by atoms with Gasteiger partial charge in [-0.2, -0.15) is 0 Å². The fraction of sp³-hybridized carbons (Fsp3) is 0.650. The predicted molar refractivity (Wildman–Crippen MR) is 94.7 cm³/mol.